The summed E-state index contributed by atoms with van der Waals surface area (Å²) in [6.07, 6.45) is 4.60. The minimum absolute atomic E-state index is 0.0779. The van der Waals surface area contributed by atoms with Gasteiger partial charge in [-0.05, 0) is 44.2 Å². The molecule has 1 amide bonds. The molecule has 0 radical (unpaired) electrons. The Morgan fingerprint density at radius 1 is 1.23 bits per heavy atom. The highest BCUT2D eigenvalue weighted by Gasteiger charge is 2.29. The number of carbonyl (C=O) groups excluding carboxylic acids is 1. The van der Waals surface area contributed by atoms with Crippen molar-refractivity contribution >= 4 is 15.7 Å². The van der Waals surface area contributed by atoms with Crippen LogP contribution in [0.15, 0.2) is 29.2 Å². The molecule has 5 heteroatoms. The summed E-state index contributed by atoms with van der Waals surface area (Å²) in [5.74, 6) is -0.0593. The molecule has 1 fully saturated rings. The predicted molar refractivity (Wildman–Crippen MR) is 87.8 cm³/mol. The minimum Gasteiger partial charge on any atom is -0.336 e. The first kappa shape index (κ1) is 17.0. The Bertz CT molecular complexity index is 625. The van der Waals surface area contributed by atoms with Gasteiger partial charge in [0.15, 0.2) is 9.84 Å². The second-order valence-electron chi connectivity index (χ2n) is 5.87. The highest BCUT2D eigenvalue weighted by Crippen LogP contribution is 2.25. The van der Waals surface area contributed by atoms with Crippen molar-refractivity contribution in [1.82, 2.24) is 4.90 Å². The van der Waals surface area contributed by atoms with E-state index < -0.39 is 9.84 Å². The van der Waals surface area contributed by atoms with Gasteiger partial charge in [-0.1, -0.05) is 26.0 Å². The number of piperidine rings is 1. The van der Waals surface area contributed by atoms with E-state index >= 15 is 0 Å². The summed E-state index contributed by atoms with van der Waals surface area (Å²) in [7, 11) is -3.40. The number of likely N-dealkylation sites (tertiary alicyclic amines) is 1. The van der Waals surface area contributed by atoms with E-state index in [-0.39, 0.29) is 22.6 Å². The first-order chi connectivity index (χ1) is 10.5. The van der Waals surface area contributed by atoms with Crippen LogP contribution in [0, 0.1) is 0 Å². The fourth-order valence-corrected chi connectivity index (χ4v) is 4.67. The molecule has 22 heavy (non-hydrogen) atoms. The Kier molecular flexibility index (Phi) is 5.62. The molecule has 1 aliphatic rings. The smallest absolute Gasteiger partial charge is 0.255 e. The van der Waals surface area contributed by atoms with E-state index in [1.54, 1.807) is 24.3 Å². The van der Waals surface area contributed by atoms with Crippen molar-refractivity contribution in [2.45, 2.75) is 56.9 Å². The lowest BCUT2D eigenvalue weighted by Gasteiger charge is -2.35. The van der Waals surface area contributed by atoms with Gasteiger partial charge in [-0.3, -0.25) is 4.79 Å². The summed E-state index contributed by atoms with van der Waals surface area (Å²) in [6.45, 7) is 4.63. The first-order valence-corrected chi connectivity index (χ1v) is 9.79. The summed E-state index contributed by atoms with van der Waals surface area (Å²) >= 11 is 0. The Balaban J connectivity index is 2.38. The molecule has 122 valence electrons. The third-order valence-electron chi connectivity index (χ3n) is 4.28. The molecule has 1 heterocycles. The van der Waals surface area contributed by atoms with Crippen LogP contribution in [0.2, 0.25) is 0 Å². The van der Waals surface area contributed by atoms with Gasteiger partial charge in [-0.25, -0.2) is 8.42 Å². The molecule has 0 bridgehead atoms. The van der Waals surface area contributed by atoms with Crippen molar-refractivity contribution in [3.05, 3.63) is 29.8 Å². The summed E-state index contributed by atoms with van der Waals surface area (Å²) in [6, 6.07) is 6.86. The van der Waals surface area contributed by atoms with Crippen molar-refractivity contribution < 1.29 is 13.2 Å². The Morgan fingerprint density at radius 3 is 2.64 bits per heavy atom. The standard InChI is InChI=1S/C17H25NO3S/c1-3-13-22(20,21)16-11-6-5-10-15(16)17(19)18-12-8-7-9-14(18)4-2/h5-6,10-11,14H,3-4,7-9,12-13H2,1-2H3/t14-/m0/s1. The number of rotatable bonds is 5. The Labute approximate surface area is 133 Å². The SMILES string of the molecule is CCCS(=O)(=O)c1ccccc1C(=O)N1CCCC[C@@H]1CC. The van der Waals surface area contributed by atoms with Crippen LogP contribution in [0.1, 0.15) is 56.3 Å². The van der Waals surface area contributed by atoms with Crippen LogP contribution in [0.5, 0.6) is 0 Å². The van der Waals surface area contributed by atoms with Gasteiger partial charge >= 0.3 is 0 Å². The summed E-state index contributed by atoms with van der Waals surface area (Å²) < 4.78 is 24.8. The summed E-state index contributed by atoms with van der Waals surface area (Å²) in [4.78, 5) is 14.9. The quantitative estimate of drug-likeness (QED) is 0.835. The zero-order chi connectivity index (χ0) is 16.2. The fourth-order valence-electron chi connectivity index (χ4n) is 3.14. The van der Waals surface area contributed by atoms with Crippen LogP contribution in [-0.2, 0) is 9.84 Å². The van der Waals surface area contributed by atoms with E-state index in [1.165, 1.54) is 0 Å². The molecular weight excluding hydrogens is 298 g/mol. The summed E-state index contributed by atoms with van der Waals surface area (Å²) in [5, 5.41) is 0. The maximum Gasteiger partial charge on any atom is 0.255 e. The number of hydrogen-bond donors (Lipinski definition) is 0. The Hall–Kier alpha value is -1.36. The van der Waals surface area contributed by atoms with Gasteiger partial charge < -0.3 is 4.90 Å². The van der Waals surface area contributed by atoms with Crippen LogP contribution >= 0.6 is 0 Å². The van der Waals surface area contributed by atoms with E-state index in [9.17, 15) is 13.2 Å². The van der Waals surface area contributed by atoms with E-state index in [1.807, 2.05) is 11.8 Å². The number of amides is 1. The van der Waals surface area contributed by atoms with Crippen LogP contribution in [0.3, 0.4) is 0 Å². The third kappa shape index (κ3) is 3.51. The Morgan fingerprint density at radius 2 is 1.95 bits per heavy atom. The molecular formula is C17H25NO3S. The van der Waals surface area contributed by atoms with Crippen molar-refractivity contribution in [3.63, 3.8) is 0 Å². The molecule has 0 N–H and O–H groups in total. The highest BCUT2D eigenvalue weighted by molar-refractivity contribution is 7.91. The maximum atomic E-state index is 12.9. The summed E-state index contributed by atoms with van der Waals surface area (Å²) in [5.41, 5.74) is 0.330. The molecule has 0 unspecified atom stereocenters. The number of benzene rings is 1. The topological polar surface area (TPSA) is 54.5 Å². The molecule has 1 aliphatic heterocycles. The largest absolute Gasteiger partial charge is 0.336 e. The van der Waals surface area contributed by atoms with Crippen molar-refractivity contribution in [3.8, 4) is 0 Å². The average Bonchev–Trinajstić information content (AvgIpc) is 2.54. The molecule has 1 atom stereocenters. The van der Waals surface area contributed by atoms with Crippen molar-refractivity contribution in [1.29, 1.82) is 0 Å². The first-order valence-electron chi connectivity index (χ1n) is 8.14. The normalized spacial score (nSPS) is 19.2. The van der Waals surface area contributed by atoms with Crippen molar-refractivity contribution in [2.75, 3.05) is 12.3 Å². The fraction of sp³-hybridized carbons (Fsp3) is 0.588. The van der Waals surface area contributed by atoms with Gasteiger partial charge in [-0.2, -0.15) is 0 Å². The average molecular weight is 323 g/mol. The molecule has 2 rings (SSSR count). The lowest BCUT2D eigenvalue weighted by atomic mass is 9.99. The van der Waals surface area contributed by atoms with E-state index in [4.69, 9.17) is 0 Å². The monoisotopic (exact) mass is 323 g/mol. The van der Waals surface area contributed by atoms with Gasteiger partial charge in [-0.15, -0.1) is 0 Å². The second-order valence-corrected chi connectivity index (χ2v) is 7.95. The van der Waals surface area contributed by atoms with Crippen LogP contribution < -0.4 is 0 Å². The van der Waals surface area contributed by atoms with Gasteiger partial charge in [0.25, 0.3) is 5.91 Å². The molecule has 0 spiro atoms. The minimum atomic E-state index is -3.40. The van der Waals surface area contributed by atoms with Crippen LogP contribution in [0.25, 0.3) is 0 Å². The number of sulfone groups is 1. The second kappa shape index (κ2) is 7.27. The van der Waals surface area contributed by atoms with E-state index in [0.29, 0.717) is 12.0 Å². The zero-order valence-corrected chi connectivity index (χ0v) is 14.2. The van der Waals surface area contributed by atoms with Crippen LogP contribution in [0.4, 0.5) is 0 Å². The van der Waals surface area contributed by atoms with Crippen LogP contribution in [-0.4, -0.2) is 37.6 Å². The maximum absolute atomic E-state index is 12.9. The third-order valence-corrected chi connectivity index (χ3v) is 6.26. The lowest BCUT2D eigenvalue weighted by Crippen LogP contribution is -2.43. The number of hydrogen-bond acceptors (Lipinski definition) is 3. The molecule has 1 aromatic carbocycles. The molecule has 0 saturated carbocycles. The molecule has 4 nitrogen and oxygen atoms in total. The molecule has 1 aromatic rings. The van der Waals surface area contributed by atoms with Crippen molar-refractivity contribution in [2.24, 2.45) is 0 Å². The molecule has 0 aliphatic carbocycles. The van der Waals surface area contributed by atoms with Gasteiger partial charge in [0.05, 0.1) is 16.2 Å². The van der Waals surface area contributed by atoms with Gasteiger partial charge in [0, 0.05) is 12.6 Å². The zero-order valence-electron chi connectivity index (χ0n) is 13.4. The lowest BCUT2D eigenvalue weighted by molar-refractivity contribution is 0.0604. The number of carbonyl (C=O) groups is 1. The van der Waals surface area contributed by atoms with E-state index in [2.05, 4.69) is 6.92 Å². The highest BCUT2D eigenvalue weighted by atomic mass is 32.2. The van der Waals surface area contributed by atoms with E-state index in [0.717, 1.165) is 32.2 Å². The van der Waals surface area contributed by atoms with Gasteiger partial charge in [0.1, 0.15) is 0 Å². The molecule has 0 aromatic heterocycles. The number of nitrogens with zero attached hydrogens (tertiary/aromatic N) is 1. The predicted octanol–water partition coefficient (Wildman–Crippen LogP) is 3.28. The molecule has 1 saturated heterocycles. The van der Waals surface area contributed by atoms with Gasteiger partial charge in [0.2, 0.25) is 0 Å².